The van der Waals surface area contributed by atoms with Gasteiger partial charge in [0.15, 0.2) is 0 Å². The molecule has 10 heteroatoms. The Balaban J connectivity index is 1.21. The Kier molecular flexibility index (Phi) is 6.75. The predicted molar refractivity (Wildman–Crippen MR) is 178 cm³/mol. The summed E-state index contributed by atoms with van der Waals surface area (Å²) in [6.45, 7) is 2.21. The molecule has 3 aromatic rings. The number of amides is 2. The lowest BCUT2D eigenvalue weighted by atomic mass is 9.81. The number of halogens is 1. The molecule has 5 fully saturated rings. The molecule has 4 atom stereocenters. The molecule has 0 spiro atoms. The number of carbonyl (C=O) groups excluding carboxylic acids is 2. The van der Waals surface area contributed by atoms with Gasteiger partial charge in [-0.2, -0.15) is 0 Å². The summed E-state index contributed by atoms with van der Waals surface area (Å²) in [6, 6.07) is 11.1. The average molecular weight is 659 g/mol. The van der Waals surface area contributed by atoms with E-state index in [0.29, 0.717) is 37.3 Å². The van der Waals surface area contributed by atoms with E-state index >= 15 is 4.39 Å². The molecular weight excluding hydrogens is 615 g/mol. The lowest BCUT2D eigenvalue weighted by Gasteiger charge is -2.41. The average Bonchev–Trinajstić information content (AvgIpc) is 3.60. The zero-order valence-corrected chi connectivity index (χ0v) is 27.8. The molecule has 1 aromatic heterocycles. The third kappa shape index (κ3) is 4.56. The molecule has 6 aliphatic rings. The van der Waals surface area contributed by atoms with Crippen LogP contribution in [0.1, 0.15) is 104 Å². The Morgan fingerprint density at radius 2 is 1.66 bits per heavy atom. The van der Waals surface area contributed by atoms with Gasteiger partial charge in [-0.1, -0.05) is 31.7 Å². The summed E-state index contributed by atoms with van der Waals surface area (Å²) in [5.41, 5.74) is 4.64. The molecule has 2 aromatic carbocycles. The number of carbonyl (C=O) groups is 2. The van der Waals surface area contributed by atoms with Crippen LogP contribution in [0.5, 0.6) is 0 Å². The Labute approximate surface area is 275 Å². The van der Waals surface area contributed by atoms with E-state index in [0.717, 1.165) is 85.8 Å². The second-order valence-corrected chi connectivity index (χ2v) is 17.4. The van der Waals surface area contributed by atoms with Crippen molar-refractivity contribution in [1.29, 1.82) is 0 Å². The van der Waals surface area contributed by atoms with Gasteiger partial charge in [0.05, 0.1) is 16.4 Å². The maximum absolute atomic E-state index is 15.1. The molecular formula is C37H43FN4O4S. The lowest BCUT2D eigenvalue weighted by Crippen LogP contribution is -2.57. The van der Waals surface area contributed by atoms with Crippen molar-refractivity contribution in [3.05, 3.63) is 58.9 Å². The van der Waals surface area contributed by atoms with Crippen LogP contribution in [0.15, 0.2) is 36.4 Å². The molecule has 2 unspecified atom stereocenters. The van der Waals surface area contributed by atoms with Gasteiger partial charge in [0, 0.05) is 59.7 Å². The highest BCUT2D eigenvalue weighted by molar-refractivity contribution is 7.90. The van der Waals surface area contributed by atoms with Crippen LogP contribution in [0.4, 0.5) is 4.39 Å². The van der Waals surface area contributed by atoms with E-state index in [2.05, 4.69) is 26.1 Å². The van der Waals surface area contributed by atoms with E-state index in [1.54, 1.807) is 12.1 Å². The van der Waals surface area contributed by atoms with Gasteiger partial charge in [0.1, 0.15) is 5.82 Å². The van der Waals surface area contributed by atoms with E-state index < -0.39 is 26.6 Å². The molecule has 47 heavy (non-hydrogen) atoms. The van der Waals surface area contributed by atoms with Crippen molar-refractivity contribution in [3.8, 4) is 11.3 Å². The summed E-state index contributed by atoms with van der Waals surface area (Å²) >= 11 is 0. The summed E-state index contributed by atoms with van der Waals surface area (Å²) in [6.07, 6.45) is 10.3. The molecule has 2 saturated heterocycles. The summed E-state index contributed by atoms with van der Waals surface area (Å²) in [7, 11) is -1.61. The highest BCUT2D eigenvalue weighted by atomic mass is 32.2. The molecule has 0 radical (unpaired) electrons. The first kappa shape index (κ1) is 29.9. The number of likely N-dealkylation sites (tertiary alicyclic amines) is 1. The standard InChI is InChI=1S/C37H43FN4O4S/c1-40-19-25-12-13-26(20-40)42(25)36(44)37-18-31(37)30-17-24(38)11-15-28(30)34-33(22-6-3-2-4-7-22)29-14-10-23(16-32(29)41(34)21-37)35(43)39-47(45,46)27-8-5-9-27/h10-11,14-17,22,25-27,31H,2-9,12-13,18-21H2,1H3,(H,39,43)/t25?,26?,31-,37-/m0/s1. The van der Waals surface area contributed by atoms with Crippen LogP contribution < -0.4 is 4.72 Å². The number of piperazine rings is 1. The minimum absolute atomic E-state index is 0.0759. The quantitative estimate of drug-likeness (QED) is 0.369. The van der Waals surface area contributed by atoms with E-state index in [1.165, 1.54) is 18.1 Å². The number of hydrogen-bond donors (Lipinski definition) is 1. The molecule has 2 amide bonds. The third-order valence-corrected chi connectivity index (χ3v) is 14.4. The van der Waals surface area contributed by atoms with E-state index in [1.807, 2.05) is 18.2 Å². The number of rotatable bonds is 5. The number of aromatic nitrogens is 1. The van der Waals surface area contributed by atoms with Gasteiger partial charge in [-0.3, -0.25) is 9.59 Å². The third-order valence-electron chi connectivity index (χ3n) is 12.6. The second-order valence-electron chi connectivity index (χ2n) is 15.4. The van der Waals surface area contributed by atoms with Gasteiger partial charge in [-0.05, 0) is 99.4 Å². The van der Waals surface area contributed by atoms with Gasteiger partial charge in [-0.25, -0.2) is 17.5 Å². The Morgan fingerprint density at radius 3 is 2.36 bits per heavy atom. The minimum Gasteiger partial charge on any atom is -0.339 e. The van der Waals surface area contributed by atoms with Crippen LogP contribution >= 0.6 is 0 Å². The van der Waals surface area contributed by atoms with Crippen LogP contribution in [0, 0.1) is 11.2 Å². The van der Waals surface area contributed by atoms with Crippen LogP contribution in [-0.2, 0) is 21.4 Å². The van der Waals surface area contributed by atoms with E-state index in [-0.39, 0.29) is 29.7 Å². The van der Waals surface area contributed by atoms with Crippen molar-refractivity contribution >= 4 is 32.7 Å². The Hall–Kier alpha value is -3.24. The maximum Gasteiger partial charge on any atom is 0.264 e. The van der Waals surface area contributed by atoms with Crippen molar-refractivity contribution in [1.82, 2.24) is 19.1 Å². The maximum atomic E-state index is 15.1. The molecule has 3 aliphatic carbocycles. The van der Waals surface area contributed by atoms with Crippen molar-refractivity contribution in [2.24, 2.45) is 5.41 Å². The highest BCUT2D eigenvalue weighted by Gasteiger charge is 2.65. The first-order valence-corrected chi connectivity index (χ1v) is 19.2. The van der Waals surface area contributed by atoms with Crippen LogP contribution in [0.2, 0.25) is 0 Å². The normalized spacial score (nSPS) is 29.1. The molecule has 3 aliphatic heterocycles. The Bertz CT molecular complexity index is 1920. The number of fused-ring (bicyclic) bond motifs is 9. The summed E-state index contributed by atoms with van der Waals surface area (Å²) < 4.78 is 45.5. The number of nitrogens with zero attached hydrogens (tertiary/aromatic N) is 3. The largest absolute Gasteiger partial charge is 0.339 e. The van der Waals surface area contributed by atoms with Crippen molar-refractivity contribution < 1.29 is 22.4 Å². The number of hydrogen-bond acceptors (Lipinski definition) is 5. The van der Waals surface area contributed by atoms with E-state index in [9.17, 15) is 18.0 Å². The zero-order valence-electron chi connectivity index (χ0n) is 27.0. The molecule has 1 N–H and O–H groups in total. The fourth-order valence-corrected chi connectivity index (χ4v) is 11.4. The first-order chi connectivity index (χ1) is 22.6. The van der Waals surface area contributed by atoms with Crippen LogP contribution in [-0.4, -0.2) is 72.1 Å². The minimum atomic E-state index is -3.74. The highest BCUT2D eigenvalue weighted by Crippen LogP contribution is 2.66. The second kappa shape index (κ2) is 10.6. The SMILES string of the molecule is CN1CC2CCC(C1)N2C(=O)[C@]12C[C@H]1c1cc(F)ccc1-c1c(C3CCCCC3)c3ccc(C(=O)NS(=O)(=O)C4CCC4)cc3n1C2. The molecule has 2 bridgehead atoms. The predicted octanol–water partition coefficient (Wildman–Crippen LogP) is 5.90. The summed E-state index contributed by atoms with van der Waals surface area (Å²) in [4.78, 5) is 32.9. The van der Waals surface area contributed by atoms with Gasteiger partial charge < -0.3 is 14.4 Å². The number of likely N-dealkylation sites (N-methyl/N-ethyl adjacent to an activating group) is 1. The van der Waals surface area contributed by atoms with Gasteiger partial charge in [0.2, 0.25) is 15.9 Å². The van der Waals surface area contributed by atoms with Gasteiger partial charge >= 0.3 is 0 Å². The Morgan fingerprint density at radius 1 is 0.915 bits per heavy atom. The van der Waals surface area contributed by atoms with Gasteiger partial charge in [0.25, 0.3) is 5.91 Å². The van der Waals surface area contributed by atoms with E-state index in [4.69, 9.17) is 0 Å². The smallest absolute Gasteiger partial charge is 0.264 e. The summed E-state index contributed by atoms with van der Waals surface area (Å²) in [5, 5.41) is 0.527. The molecule has 3 saturated carbocycles. The van der Waals surface area contributed by atoms with Gasteiger partial charge in [-0.15, -0.1) is 0 Å². The molecule has 4 heterocycles. The number of sulfonamides is 1. The monoisotopic (exact) mass is 658 g/mol. The van der Waals surface area contributed by atoms with Crippen molar-refractivity contribution in [2.45, 2.75) is 106 Å². The van der Waals surface area contributed by atoms with Crippen molar-refractivity contribution in [3.63, 3.8) is 0 Å². The fourth-order valence-electron chi connectivity index (χ4n) is 9.94. The first-order valence-electron chi connectivity index (χ1n) is 17.7. The van der Waals surface area contributed by atoms with Crippen molar-refractivity contribution in [2.75, 3.05) is 20.1 Å². The lowest BCUT2D eigenvalue weighted by molar-refractivity contribution is -0.143. The number of nitrogens with one attached hydrogen (secondary N) is 1. The molecule has 248 valence electrons. The fraction of sp³-hybridized carbons (Fsp3) is 0.568. The molecule has 8 nitrogen and oxygen atoms in total. The number of benzene rings is 2. The molecule has 9 rings (SSSR count). The topological polar surface area (TPSA) is 91.7 Å². The zero-order chi connectivity index (χ0) is 32.2. The van der Waals surface area contributed by atoms with Crippen LogP contribution in [0.3, 0.4) is 0 Å². The van der Waals surface area contributed by atoms with Crippen LogP contribution in [0.25, 0.3) is 22.2 Å². The summed E-state index contributed by atoms with van der Waals surface area (Å²) in [5.74, 6) is -0.477.